The molecule has 1 aromatic carbocycles. The maximum Gasteiger partial charge on any atom is 0.198 e. The summed E-state index contributed by atoms with van der Waals surface area (Å²) in [6, 6.07) is 4.32. The molecular weight excluding hydrogens is 406 g/mol. The van der Waals surface area contributed by atoms with E-state index in [1.54, 1.807) is 0 Å². The fraction of sp³-hybridized carbons (Fsp3) is 0.654. The molecule has 31 heavy (non-hydrogen) atoms. The molecule has 5 atom stereocenters. The van der Waals surface area contributed by atoms with E-state index in [1.807, 2.05) is 0 Å². The molecule has 5 unspecified atom stereocenters. The maximum absolute atomic E-state index is 6.46. The minimum Gasteiger partial charge on any atom is -0.440 e. The van der Waals surface area contributed by atoms with Crippen LogP contribution in [0.15, 0.2) is 22.7 Å². The highest BCUT2D eigenvalue weighted by molar-refractivity contribution is 6.04. The molecule has 5 heterocycles. The first kappa shape index (κ1) is 20.1. The lowest BCUT2D eigenvalue weighted by Crippen LogP contribution is -2.54. The minimum absolute atomic E-state index is 0. The fourth-order valence-electron chi connectivity index (χ4n) is 7.90. The van der Waals surface area contributed by atoms with Crippen LogP contribution in [0.4, 0.5) is 0 Å². The largest absolute Gasteiger partial charge is 0.440 e. The van der Waals surface area contributed by atoms with Gasteiger partial charge in [0.2, 0.25) is 0 Å². The van der Waals surface area contributed by atoms with Gasteiger partial charge in [-0.3, -0.25) is 0 Å². The number of halogens is 1. The normalized spacial score (nSPS) is 38.2. The van der Waals surface area contributed by atoms with Gasteiger partial charge in [-0.1, -0.05) is 20.8 Å². The third kappa shape index (κ3) is 2.67. The Morgan fingerprint density at radius 1 is 1.13 bits per heavy atom. The van der Waals surface area contributed by atoms with E-state index in [0.717, 1.165) is 34.7 Å². The zero-order chi connectivity index (χ0) is 20.2. The van der Waals surface area contributed by atoms with Crippen molar-refractivity contribution >= 4 is 34.4 Å². The van der Waals surface area contributed by atoms with Crippen LogP contribution in [0.5, 0.6) is 0 Å². The van der Waals surface area contributed by atoms with Gasteiger partial charge >= 0.3 is 0 Å². The van der Waals surface area contributed by atoms with Crippen LogP contribution < -0.4 is 0 Å². The molecule has 6 fully saturated rings. The number of H-pyrrole nitrogens is 1. The molecule has 166 valence electrons. The minimum atomic E-state index is 0. The Bertz CT molecular complexity index is 1140. The van der Waals surface area contributed by atoms with Gasteiger partial charge in [-0.05, 0) is 85.6 Å². The van der Waals surface area contributed by atoms with Crippen molar-refractivity contribution in [1.82, 2.24) is 14.9 Å². The van der Waals surface area contributed by atoms with Crippen molar-refractivity contribution in [2.45, 2.75) is 58.3 Å². The molecule has 5 heteroatoms. The average Bonchev–Trinajstić information content (AvgIpc) is 3.38. The van der Waals surface area contributed by atoms with Crippen molar-refractivity contribution in [1.29, 1.82) is 0 Å². The highest BCUT2D eigenvalue weighted by atomic mass is 35.5. The van der Waals surface area contributed by atoms with Crippen LogP contribution in [0.1, 0.15) is 69.7 Å². The number of nitrogens with one attached hydrogen (secondary N) is 1. The first-order valence-electron chi connectivity index (χ1n) is 12.1. The molecule has 0 radical (unpaired) electrons. The summed E-state index contributed by atoms with van der Waals surface area (Å²) < 4.78 is 6.46. The van der Waals surface area contributed by atoms with Crippen LogP contribution in [0.2, 0.25) is 0 Å². The second-order valence-corrected chi connectivity index (χ2v) is 11.4. The highest BCUT2D eigenvalue weighted by Gasteiger charge is 2.57. The van der Waals surface area contributed by atoms with Crippen molar-refractivity contribution in [3.63, 3.8) is 0 Å². The number of oxazole rings is 1. The number of aromatic amines is 1. The van der Waals surface area contributed by atoms with Gasteiger partial charge in [0, 0.05) is 35.5 Å². The Balaban J connectivity index is 0.00000185. The Hall–Kier alpha value is -1.52. The van der Waals surface area contributed by atoms with Crippen molar-refractivity contribution in [2.75, 3.05) is 19.6 Å². The summed E-state index contributed by atoms with van der Waals surface area (Å²) in [6.07, 6.45) is 7.59. The van der Waals surface area contributed by atoms with E-state index in [2.05, 4.69) is 49.0 Å². The van der Waals surface area contributed by atoms with E-state index >= 15 is 0 Å². The molecule has 3 saturated carbocycles. The van der Waals surface area contributed by atoms with E-state index in [-0.39, 0.29) is 12.4 Å². The van der Waals surface area contributed by atoms with E-state index in [1.165, 1.54) is 61.8 Å². The predicted octanol–water partition coefficient (Wildman–Crippen LogP) is 6.33. The lowest BCUT2D eigenvalue weighted by atomic mass is 9.43. The van der Waals surface area contributed by atoms with Crippen LogP contribution in [-0.4, -0.2) is 34.5 Å². The number of rotatable bonds is 2. The molecule has 0 spiro atoms. The number of fused-ring (bicyclic) bond motifs is 8. The number of piperidine rings is 3. The van der Waals surface area contributed by atoms with E-state index < -0.39 is 0 Å². The zero-order valence-electron chi connectivity index (χ0n) is 18.9. The molecule has 1 N–H and O–H groups in total. The van der Waals surface area contributed by atoms with E-state index in [4.69, 9.17) is 9.40 Å². The Morgan fingerprint density at radius 2 is 1.94 bits per heavy atom. The Labute approximate surface area is 190 Å². The number of benzene rings is 1. The quantitative estimate of drug-likeness (QED) is 0.507. The molecule has 2 aromatic heterocycles. The second kappa shape index (κ2) is 6.74. The van der Waals surface area contributed by atoms with Crippen molar-refractivity contribution in [3.8, 4) is 0 Å². The SMILES string of the molecule is CC1C(c2nc3c(ccc4[nH]cc(C5CN6CCC5CC6)c43)o2)CC2CC1C2(C)C.Cl. The Kier molecular flexibility index (Phi) is 4.37. The van der Waals surface area contributed by atoms with E-state index in [9.17, 15) is 0 Å². The lowest BCUT2D eigenvalue weighted by molar-refractivity contribution is -0.114. The first-order chi connectivity index (χ1) is 14.5. The monoisotopic (exact) mass is 439 g/mol. The summed E-state index contributed by atoms with van der Waals surface area (Å²) in [5.74, 6) is 5.22. The zero-order valence-corrected chi connectivity index (χ0v) is 19.7. The molecule has 3 aliphatic carbocycles. The van der Waals surface area contributed by atoms with Gasteiger partial charge in [-0.25, -0.2) is 4.98 Å². The lowest BCUT2D eigenvalue weighted by Gasteiger charge is -2.61. The molecule has 3 aliphatic heterocycles. The van der Waals surface area contributed by atoms with Crippen LogP contribution in [0, 0.1) is 29.1 Å². The van der Waals surface area contributed by atoms with Crippen LogP contribution >= 0.6 is 12.4 Å². The fourth-order valence-corrected chi connectivity index (χ4v) is 7.90. The summed E-state index contributed by atoms with van der Waals surface area (Å²) in [7, 11) is 0. The van der Waals surface area contributed by atoms with Crippen LogP contribution in [0.3, 0.4) is 0 Å². The number of hydrogen-bond acceptors (Lipinski definition) is 3. The van der Waals surface area contributed by atoms with Crippen molar-refractivity contribution in [2.24, 2.45) is 29.1 Å². The van der Waals surface area contributed by atoms with Gasteiger partial charge in [-0.15, -0.1) is 12.4 Å². The molecule has 6 aliphatic rings. The number of hydrogen-bond donors (Lipinski definition) is 1. The predicted molar refractivity (Wildman–Crippen MR) is 127 cm³/mol. The van der Waals surface area contributed by atoms with E-state index in [0.29, 0.717) is 23.2 Å². The second-order valence-electron chi connectivity index (χ2n) is 11.4. The van der Waals surface area contributed by atoms with Crippen molar-refractivity contribution < 1.29 is 4.42 Å². The summed E-state index contributed by atoms with van der Waals surface area (Å²) in [4.78, 5) is 11.4. The number of nitrogens with zero attached hydrogens (tertiary/aromatic N) is 2. The molecular formula is C26H34ClN3O. The van der Waals surface area contributed by atoms with Gasteiger partial charge < -0.3 is 14.3 Å². The molecule has 0 amide bonds. The molecule has 3 saturated heterocycles. The summed E-state index contributed by atoms with van der Waals surface area (Å²) >= 11 is 0. The van der Waals surface area contributed by atoms with Gasteiger partial charge in [0.25, 0.3) is 0 Å². The molecule has 4 bridgehead atoms. The standard InChI is InChI=1S/C26H33N3O.ClH/c1-14-17(10-16-11-20(14)26(16,2)3)25-28-24-22(30-25)5-4-21-23(24)18(12-27-21)19-13-29-8-6-15(19)7-9-29;/h4-5,12,14-17,19-20,27H,6-11,13H2,1-3H3;1H. The first-order valence-corrected chi connectivity index (χ1v) is 12.1. The summed E-state index contributed by atoms with van der Waals surface area (Å²) in [5, 5.41) is 1.33. The maximum atomic E-state index is 6.46. The molecule has 9 rings (SSSR count). The molecule has 4 nitrogen and oxygen atoms in total. The summed E-state index contributed by atoms with van der Waals surface area (Å²) in [6.45, 7) is 11.1. The topological polar surface area (TPSA) is 45.1 Å². The Morgan fingerprint density at radius 3 is 2.61 bits per heavy atom. The average molecular weight is 440 g/mol. The smallest absolute Gasteiger partial charge is 0.198 e. The van der Waals surface area contributed by atoms with Gasteiger partial charge in [0.05, 0.1) is 0 Å². The number of aromatic nitrogens is 2. The van der Waals surface area contributed by atoms with Crippen LogP contribution in [-0.2, 0) is 0 Å². The van der Waals surface area contributed by atoms with Gasteiger partial charge in [-0.2, -0.15) is 0 Å². The van der Waals surface area contributed by atoms with Crippen LogP contribution in [0.25, 0.3) is 22.0 Å². The molecule has 3 aromatic rings. The highest BCUT2D eigenvalue weighted by Crippen LogP contribution is 2.65. The summed E-state index contributed by atoms with van der Waals surface area (Å²) in [5.41, 5.74) is 5.27. The third-order valence-corrected chi connectivity index (χ3v) is 9.98. The van der Waals surface area contributed by atoms with Gasteiger partial charge in [0.15, 0.2) is 11.5 Å². The van der Waals surface area contributed by atoms with Gasteiger partial charge in [0.1, 0.15) is 5.52 Å². The third-order valence-electron chi connectivity index (χ3n) is 9.98. The van der Waals surface area contributed by atoms with Crippen molar-refractivity contribution in [3.05, 3.63) is 29.8 Å².